The minimum Gasteiger partial charge on any atom is -0.399 e. The summed E-state index contributed by atoms with van der Waals surface area (Å²) in [5, 5.41) is 0.824. The van der Waals surface area contributed by atoms with Gasteiger partial charge in [-0.3, -0.25) is 0 Å². The number of hydrogen-bond acceptors (Lipinski definition) is 2. The van der Waals surface area contributed by atoms with Crippen molar-refractivity contribution in [3.63, 3.8) is 0 Å². The standard InChI is InChI=1S/C12H17ClN2/c1-15-6-4-9(5-7-15)11-3-2-10(14)8-12(11)13/h2-3,8-9H,4-7,14H2,1H3. The van der Waals surface area contributed by atoms with Gasteiger partial charge in [-0.2, -0.15) is 0 Å². The van der Waals surface area contributed by atoms with E-state index in [9.17, 15) is 0 Å². The van der Waals surface area contributed by atoms with Crippen molar-refractivity contribution >= 4 is 17.3 Å². The molecule has 0 saturated carbocycles. The summed E-state index contributed by atoms with van der Waals surface area (Å²) in [7, 11) is 2.17. The lowest BCUT2D eigenvalue weighted by Gasteiger charge is -2.29. The number of hydrogen-bond donors (Lipinski definition) is 1. The molecule has 0 amide bonds. The summed E-state index contributed by atoms with van der Waals surface area (Å²) in [6.07, 6.45) is 2.39. The van der Waals surface area contributed by atoms with Crippen molar-refractivity contribution < 1.29 is 0 Å². The molecule has 15 heavy (non-hydrogen) atoms. The summed E-state index contributed by atoms with van der Waals surface area (Å²) in [6.45, 7) is 2.32. The average molecular weight is 225 g/mol. The van der Waals surface area contributed by atoms with Gasteiger partial charge in [0.1, 0.15) is 0 Å². The van der Waals surface area contributed by atoms with Gasteiger partial charge in [0.05, 0.1) is 0 Å². The van der Waals surface area contributed by atoms with Crippen LogP contribution in [-0.4, -0.2) is 25.0 Å². The van der Waals surface area contributed by atoms with Crippen LogP contribution in [0, 0.1) is 0 Å². The van der Waals surface area contributed by atoms with E-state index >= 15 is 0 Å². The molecule has 0 atom stereocenters. The molecule has 3 heteroatoms. The Bertz CT molecular complexity index is 343. The maximum atomic E-state index is 6.21. The average Bonchev–Trinajstić information content (AvgIpc) is 2.20. The molecule has 82 valence electrons. The molecule has 1 aromatic rings. The molecule has 2 N–H and O–H groups in total. The van der Waals surface area contributed by atoms with Crippen LogP contribution in [0.25, 0.3) is 0 Å². The SMILES string of the molecule is CN1CCC(c2ccc(N)cc2Cl)CC1. The highest BCUT2D eigenvalue weighted by Gasteiger charge is 2.20. The van der Waals surface area contributed by atoms with Gasteiger partial charge < -0.3 is 10.6 Å². The number of piperidine rings is 1. The fourth-order valence-corrected chi connectivity index (χ4v) is 2.54. The van der Waals surface area contributed by atoms with Gasteiger partial charge in [0.2, 0.25) is 0 Å². The zero-order valence-corrected chi connectivity index (χ0v) is 9.80. The van der Waals surface area contributed by atoms with Crippen LogP contribution in [0.4, 0.5) is 5.69 Å². The van der Waals surface area contributed by atoms with Crippen LogP contribution in [0.2, 0.25) is 5.02 Å². The van der Waals surface area contributed by atoms with Crippen molar-refractivity contribution in [2.45, 2.75) is 18.8 Å². The molecule has 1 aromatic carbocycles. The van der Waals surface area contributed by atoms with Crippen LogP contribution < -0.4 is 5.73 Å². The first kappa shape index (κ1) is 10.8. The monoisotopic (exact) mass is 224 g/mol. The van der Waals surface area contributed by atoms with Crippen LogP contribution in [0.3, 0.4) is 0 Å². The highest BCUT2D eigenvalue weighted by molar-refractivity contribution is 6.31. The van der Waals surface area contributed by atoms with E-state index in [1.54, 1.807) is 0 Å². The second kappa shape index (κ2) is 4.42. The molecular formula is C12H17ClN2. The summed E-state index contributed by atoms with van der Waals surface area (Å²) >= 11 is 6.21. The Balaban J connectivity index is 2.15. The van der Waals surface area contributed by atoms with Crippen molar-refractivity contribution in [1.29, 1.82) is 0 Å². The summed E-state index contributed by atoms with van der Waals surface area (Å²) in [5.74, 6) is 0.606. The lowest BCUT2D eigenvalue weighted by molar-refractivity contribution is 0.255. The fourth-order valence-electron chi connectivity index (χ4n) is 2.19. The van der Waals surface area contributed by atoms with Crippen LogP contribution >= 0.6 is 11.6 Å². The Morgan fingerprint density at radius 1 is 1.33 bits per heavy atom. The van der Waals surface area contributed by atoms with Gasteiger partial charge in [0.25, 0.3) is 0 Å². The van der Waals surface area contributed by atoms with E-state index < -0.39 is 0 Å². The number of benzene rings is 1. The van der Waals surface area contributed by atoms with Crippen molar-refractivity contribution in [2.24, 2.45) is 0 Å². The van der Waals surface area contributed by atoms with Gasteiger partial charge in [-0.1, -0.05) is 17.7 Å². The van der Waals surface area contributed by atoms with E-state index in [0.717, 1.165) is 23.8 Å². The molecule has 1 fully saturated rings. The number of nitrogens with zero attached hydrogens (tertiary/aromatic N) is 1. The number of likely N-dealkylation sites (tertiary alicyclic amines) is 1. The Hall–Kier alpha value is -0.730. The quantitative estimate of drug-likeness (QED) is 0.744. The number of nitrogen functional groups attached to an aromatic ring is 1. The lowest BCUT2D eigenvalue weighted by Crippen LogP contribution is -2.29. The molecule has 1 heterocycles. The maximum Gasteiger partial charge on any atom is 0.0461 e. The second-order valence-corrected chi connectivity index (χ2v) is 4.77. The van der Waals surface area contributed by atoms with E-state index in [-0.39, 0.29) is 0 Å². The van der Waals surface area contributed by atoms with Gasteiger partial charge in [-0.25, -0.2) is 0 Å². The highest BCUT2D eigenvalue weighted by Crippen LogP contribution is 2.33. The van der Waals surface area contributed by atoms with Crippen molar-refractivity contribution in [1.82, 2.24) is 4.90 Å². The fraction of sp³-hybridized carbons (Fsp3) is 0.500. The summed E-state index contributed by atoms with van der Waals surface area (Å²) in [6, 6.07) is 5.88. The Morgan fingerprint density at radius 2 is 2.00 bits per heavy atom. The van der Waals surface area contributed by atoms with Crippen molar-refractivity contribution in [3.8, 4) is 0 Å². The molecule has 0 radical (unpaired) electrons. The molecule has 2 rings (SSSR count). The van der Waals surface area contributed by atoms with E-state index in [2.05, 4.69) is 18.0 Å². The van der Waals surface area contributed by atoms with E-state index in [0.29, 0.717) is 5.92 Å². The number of anilines is 1. The Morgan fingerprint density at radius 3 is 2.60 bits per heavy atom. The molecule has 1 aliphatic rings. The van der Waals surface area contributed by atoms with Gasteiger partial charge in [-0.15, -0.1) is 0 Å². The Kier molecular flexibility index (Phi) is 3.17. The zero-order valence-electron chi connectivity index (χ0n) is 9.04. The zero-order chi connectivity index (χ0) is 10.8. The smallest absolute Gasteiger partial charge is 0.0461 e. The molecule has 1 aliphatic heterocycles. The first-order valence-electron chi connectivity index (χ1n) is 5.40. The second-order valence-electron chi connectivity index (χ2n) is 4.36. The van der Waals surface area contributed by atoms with Gasteiger partial charge in [0, 0.05) is 10.7 Å². The minimum atomic E-state index is 0.606. The summed E-state index contributed by atoms with van der Waals surface area (Å²) in [5.41, 5.74) is 7.70. The molecule has 0 spiro atoms. The van der Waals surface area contributed by atoms with Crippen LogP contribution in [0.15, 0.2) is 18.2 Å². The van der Waals surface area contributed by atoms with Gasteiger partial charge >= 0.3 is 0 Å². The maximum absolute atomic E-state index is 6.21. The topological polar surface area (TPSA) is 29.3 Å². The van der Waals surface area contributed by atoms with E-state index in [1.807, 2.05) is 12.1 Å². The lowest BCUT2D eigenvalue weighted by atomic mass is 9.89. The van der Waals surface area contributed by atoms with Crippen molar-refractivity contribution in [3.05, 3.63) is 28.8 Å². The third-order valence-electron chi connectivity index (χ3n) is 3.18. The first-order chi connectivity index (χ1) is 7.16. The van der Waals surface area contributed by atoms with Crippen LogP contribution in [0.1, 0.15) is 24.3 Å². The number of nitrogens with two attached hydrogens (primary N) is 1. The van der Waals surface area contributed by atoms with Crippen LogP contribution in [-0.2, 0) is 0 Å². The predicted octanol–water partition coefficient (Wildman–Crippen LogP) is 2.73. The third kappa shape index (κ3) is 2.44. The molecule has 1 saturated heterocycles. The molecule has 0 aliphatic carbocycles. The predicted molar refractivity (Wildman–Crippen MR) is 65.3 cm³/mol. The van der Waals surface area contributed by atoms with Gasteiger partial charge in [0.15, 0.2) is 0 Å². The van der Waals surface area contributed by atoms with Gasteiger partial charge in [-0.05, 0) is 56.6 Å². The summed E-state index contributed by atoms with van der Waals surface area (Å²) in [4.78, 5) is 2.36. The molecule has 0 bridgehead atoms. The molecule has 0 aromatic heterocycles. The number of rotatable bonds is 1. The van der Waals surface area contributed by atoms with E-state index in [1.165, 1.54) is 18.4 Å². The number of halogens is 1. The third-order valence-corrected chi connectivity index (χ3v) is 3.51. The van der Waals surface area contributed by atoms with Crippen molar-refractivity contribution in [2.75, 3.05) is 25.9 Å². The van der Waals surface area contributed by atoms with Crippen LogP contribution in [0.5, 0.6) is 0 Å². The van der Waals surface area contributed by atoms with E-state index in [4.69, 9.17) is 17.3 Å². The summed E-state index contributed by atoms with van der Waals surface area (Å²) < 4.78 is 0. The molecule has 2 nitrogen and oxygen atoms in total. The molecule has 0 unspecified atom stereocenters. The largest absolute Gasteiger partial charge is 0.399 e. The first-order valence-corrected chi connectivity index (χ1v) is 5.78. The molecular weight excluding hydrogens is 208 g/mol. The highest BCUT2D eigenvalue weighted by atomic mass is 35.5. The normalized spacial score (nSPS) is 19.3. The Labute approximate surface area is 96.0 Å². The minimum absolute atomic E-state index is 0.606.